The van der Waals surface area contributed by atoms with Crippen LogP contribution in [0, 0.1) is 0 Å². The van der Waals surface area contributed by atoms with Crippen molar-refractivity contribution in [1.82, 2.24) is 5.32 Å². The van der Waals surface area contributed by atoms with Crippen molar-refractivity contribution in [2.75, 3.05) is 27.3 Å². The highest BCUT2D eigenvalue weighted by Crippen LogP contribution is 2.22. The van der Waals surface area contributed by atoms with Crippen molar-refractivity contribution in [2.45, 2.75) is 31.9 Å². The Balaban J connectivity index is 2.74. The van der Waals surface area contributed by atoms with Gasteiger partial charge in [-0.15, -0.1) is 0 Å². The fourth-order valence-corrected chi connectivity index (χ4v) is 1.95. The zero-order chi connectivity index (χ0) is 14.3. The van der Waals surface area contributed by atoms with Crippen molar-refractivity contribution in [3.63, 3.8) is 0 Å². The van der Waals surface area contributed by atoms with Crippen LogP contribution in [-0.4, -0.2) is 39.0 Å². The Morgan fingerprint density at radius 1 is 1.32 bits per heavy atom. The largest absolute Gasteiger partial charge is 0.496 e. The predicted octanol–water partition coefficient (Wildman–Crippen LogP) is 1.58. The summed E-state index contributed by atoms with van der Waals surface area (Å²) in [5, 5.41) is 3.49. The van der Waals surface area contributed by atoms with Gasteiger partial charge in [-0.1, -0.05) is 18.2 Å². The van der Waals surface area contributed by atoms with E-state index in [1.165, 1.54) is 0 Å². The van der Waals surface area contributed by atoms with Crippen molar-refractivity contribution in [1.29, 1.82) is 0 Å². The zero-order valence-electron chi connectivity index (χ0n) is 12.4. The van der Waals surface area contributed by atoms with Crippen LogP contribution in [0.2, 0.25) is 0 Å². The SMILES string of the molecule is COc1ccccc1CC(C)(CN)NCC(C)OC. The van der Waals surface area contributed by atoms with Gasteiger partial charge in [-0.2, -0.15) is 0 Å². The number of hydrogen-bond donors (Lipinski definition) is 2. The highest BCUT2D eigenvalue weighted by atomic mass is 16.5. The lowest BCUT2D eigenvalue weighted by Gasteiger charge is -2.31. The molecule has 0 aromatic heterocycles. The monoisotopic (exact) mass is 266 g/mol. The van der Waals surface area contributed by atoms with Gasteiger partial charge >= 0.3 is 0 Å². The average Bonchev–Trinajstić information content (AvgIpc) is 2.45. The van der Waals surface area contributed by atoms with Gasteiger partial charge in [0, 0.05) is 25.7 Å². The fraction of sp³-hybridized carbons (Fsp3) is 0.600. The van der Waals surface area contributed by atoms with Gasteiger partial charge in [0.25, 0.3) is 0 Å². The molecule has 0 aliphatic carbocycles. The molecule has 0 bridgehead atoms. The van der Waals surface area contributed by atoms with E-state index >= 15 is 0 Å². The average molecular weight is 266 g/mol. The molecule has 4 heteroatoms. The maximum Gasteiger partial charge on any atom is 0.122 e. The van der Waals surface area contributed by atoms with E-state index in [4.69, 9.17) is 15.2 Å². The molecule has 1 aromatic carbocycles. The minimum absolute atomic E-state index is 0.165. The maximum atomic E-state index is 5.93. The van der Waals surface area contributed by atoms with Crippen LogP contribution in [-0.2, 0) is 11.2 Å². The normalized spacial score (nSPS) is 15.8. The molecule has 2 atom stereocenters. The molecule has 2 unspecified atom stereocenters. The van der Waals surface area contributed by atoms with Gasteiger partial charge in [0.1, 0.15) is 5.75 Å². The molecule has 19 heavy (non-hydrogen) atoms. The van der Waals surface area contributed by atoms with E-state index in [1.807, 2.05) is 25.1 Å². The standard InChI is InChI=1S/C15H26N2O2/c1-12(18-3)10-17-15(2,11-16)9-13-7-5-6-8-14(13)19-4/h5-8,12,17H,9-11,16H2,1-4H3. The first-order valence-electron chi connectivity index (χ1n) is 6.64. The summed E-state index contributed by atoms with van der Waals surface area (Å²) >= 11 is 0. The number of para-hydroxylation sites is 1. The van der Waals surface area contributed by atoms with Crippen LogP contribution in [0.5, 0.6) is 5.75 Å². The Kier molecular flexibility index (Phi) is 6.28. The van der Waals surface area contributed by atoms with E-state index in [1.54, 1.807) is 14.2 Å². The first-order valence-corrected chi connectivity index (χ1v) is 6.64. The van der Waals surface area contributed by atoms with E-state index < -0.39 is 0 Å². The van der Waals surface area contributed by atoms with Crippen LogP contribution in [0.1, 0.15) is 19.4 Å². The number of hydrogen-bond acceptors (Lipinski definition) is 4. The molecule has 0 fully saturated rings. The van der Waals surface area contributed by atoms with Gasteiger partial charge in [0.2, 0.25) is 0 Å². The molecule has 0 aliphatic rings. The first kappa shape index (κ1) is 16.0. The second-order valence-electron chi connectivity index (χ2n) is 5.18. The van der Waals surface area contributed by atoms with Crippen LogP contribution < -0.4 is 15.8 Å². The molecule has 0 spiro atoms. The number of rotatable bonds is 8. The third-order valence-electron chi connectivity index (χ3n) is 3.44. The summed E-state index contributed by atoms with van der Waals surface area (Å²) in [6.45, 7) is 5.50. The van der Waals surface area contributed by atoms with Crippen LogP contribution in [0.25, 0.3) is 0 Å². The maximum absolute atomic E-state index is 5.93. The van der Waals surface area contributed by atoms with Gasteiger partial charge < -0.3 is 20.5 Å². The molecular weight excluding hydrogens is 240 g/mol. The first-order chi connectivity index (χ1) is 9.04. The van der Waals surface area contributed by atoms with Gasteiger partial charge in [0.05, 0.1) is 13.2 Å². The minimum Gasteiger partial charge on any atom is -0.496 e. The van der Waals surface area contributed by atoms with Crippen molar-refractivity contribution in [2.24, 2.45) is 5.73 Å². The molecule has 0 saturated heterocycles. The van der Waals surface area contributed by atoms with E-state index in [0.29, 0.717) is 6.54 Å². The minimum atomic E-state index is -0.165. The number of methoxy groups -OCH3 is 2. The van der Waals surface area contributed by atoms with Crippen molar-refractivity contribution in [3.8, 4) is 5.75 Å². The van der Waals surface area contributed by atoms with E-state index in [9.17, 15) is 0 Å². The Morgan fingerprint density at radius 3 is 2.58 bits per heavy atom. The van der Waals surface area contributed by atoms with Gasteiger partial charge in [-0.05, 0) is 31.9 Å². The van der Waals surface area contributed by atoms with Gasteiger partial charge in [0.15, 0.2) is 0 Å². The van der Waals surface area contributed by atoms with Crippen molar-refractivity contribution >= 4 is 0 Å². The highest BCUT2D eigenvalue weighted by Gasteiger charge is 2.24. The predicted molar refractivity (Wildman–Crippen MR) is 78.6 cm³/mol. The number of ether oxygens (including phenoxy) is 2. The molecule has 0 heterocycles. The molecule has 1 aromatic rings. The van der Waals surface area contributed by atoms with Gasteiger partial charge in [-0.3, -0.25) is 0 Å². The summed E-state index contributed by atoms with van der Waals surface area (Å²) < 4.78 is 10.6. The molecule has 0 aliphatic heterocycles. The molecule has 4 nitrogen and oxygen atoms in total. The number of nitrogens with one attached hydrogen (secondary N) is 1. The third kappa shape index (κ3) is 4.82. The highest BCUT2D eigenvalue weighted by molar-refractivity contribution is 5.34. The number of nitrogens with two attached hydrogens (primary N) is 1. The van der Waals surface area contributed by atoms with E-state index in [2.05, 4.69) is 18.3 Å². The Bertz CT molecular complexity index is 384. The van der Waals surface area contributed by atoms with Crippen LogP contribution in [0.4, 0.5) is 0 Å². The third-order valence-corrected chi connectivity index (χ3v) is 3.44. The summed E-state index contributed by atoms with van der Waals surface area (Å²) in [6.07, 6.45) is 0.993. The molecule has 1 rings (SSSR count). The zero-order valence-corrected chi connectivity index (χ0v) is 12.4. The van der Waals surface area contributed by atoms with Crippen molar-refractivity contribution in [3.05, 3.63) is 29.8 Å². The second-order valence-corrected chi connectivity index (χ2v) is 5.18. The van der Waals surface area contributed by atoms with E-state index in [0.717, 1.165) is 24.3 Å². The molecular formula is C15H26N2O2. The summed E-state index contributed by atoms with van der Waals surface area (Å²) in [4.78, 5) is 0. The fourth-order valence-electron chi connectivity index (χ4n) is 1.95. The Hall–Kier alpha value is -1.10. The quantitative estimate of drug-likeness (QED) is 0.750. The van der Waals surface area contributed by atoms with Crippen LogP contribution in [0.3, 0.4) is 0 Å². The summed E-state index contributed by atoms with van der Waals surface area (Å²) in [5.74, 6) is 0.906. The molecule has 0 radical (unpaired) electrons. The van der Waals surface area contributed by atoms with Crippen LogP contribution in [0.15, 0.2) is 24.3 Å². The molecule has 108 valence electrons. The lowest BCUT2D eigenvalue weighted by atomic mass is 9.92. The Morgan fingerprint density at radius 2 is 2.00 bits per heavy atom. The summed E-state index contributed by atoms with van der Waals surface area (Å²) in [5.41, 5.74) is 6.93. The van der Waals surface area contributed by atoms with Crippen molar-refractivity contribution < 1.29 is 9.47 Å². The molecule has 3 N–H and O–H groups in total. The topological polar surface area (TPSA) is 56.5 Å². The van der Waals surface area contributed by atoms with E-state index in [-0.39, 0.29) is 11.6 Å². The second kappa shape index (κ2) is 7.48. The molecule has 0 amide bonds. The number of benzene rings is 1. The smallest absolute Gasteiger partial charge is 0.122 e. The summed E-state index contributed by atoms with van der Waals surface area (Å²) in [7, 11) is 3.41. The Labute approximate surface area is 116 Å². The lowest BCUT2D eigenvalue weighted by Crippen LogP contribution is -2.52. The van der Waals surface area contributed by atoms with Crippen LogP contribution >= 0.6 is 0 Å². The lowest BCUT2D eigenvalue weighted by molar-refractivity contribution is 0.108. The van der Waals surface area contributed by atoms with Gasteiger partial charge in [-0.25, -0.2) is 0 Å². The summed E-state index contributed by atoms with van der Waals surface area (Å²) in [6, 6.07) is 8.05. The molecule has 0 saturated carbocycles.